The van der Waals surface area contributed by atoms with Crippen LogP contribution in [0.3, 0.4) is 0 Å². The van der Waals surface area contributed by atoms with Crippen molar-refractivity contribution in [1.29, 1.82) is 0 Å². The zero-order valence-electron chi connectivity index (χ0n) is 19.3. The van der Waals surface area contributed by atoms with E-state index in [4.69, 9.17) is 9.47 Å². The van der Waals surface area contributed by atoms with Crippen molar-refractivity contribution in [2.24, 2.45) is 5.92 Å². The third kappa shape index (κ3) is 5.50. The molecular formula is C28H26F4O3. The highest BCUT2D eigenvalue weighted by atomic mass is 19.4. The average Bonchev–Trinajstić information content (AvgIpc) is 2.87. The second kappa shape index (κ2) is 10.1. The fraction of sp³-hybridized carbons (Fsp3) is 0.321. The molecule has 3 aromatic carbocycles. The van der Waals surface area contributed by atoms with Gasteiger partial charge in [-0.15, -0.1) is 0 Å². The van der Waals surface area contributed by atoms with E-state index in [-0.39, 0.29) is 25.3 Å². The number of halogens is 4. The van der Waals surface area contributed by atoms with Gasteiger partial charge < -0.3 is 9.47 Å². The van der Waals surface area contributed by atoms with Gasteiger partial charge in [-0.25, -0.2) is 9.18 Å². The summed E-state index contributed by atoms with van der Waals surface area (Å²) >= 11 is 0. The molecule has 1 fully saturated rings. The van der Waals surface area contributed by atoms with E-state index in [1.165, 1.54) is 19.2 Å². The van der Waals surface area contributed by atoms with Crippen LogP contribution in [0.25, 0.3) is 0 Å². The highest BCUT2D eigenvalue weighted by Gasteiger charge is 2.47. The molecular weight excluding hydrogens is 460 g/mol. The number of hydrogen-bond acceptors (Lipinski definition) is 3. The summed E-state index contributed by atoms with van der Waals surface area (Å²) in [4.78, 5) is 11.8. The second-order valence-corrected chi connectivity index (χ2v) is 8.91. The molecule has 184 valence electrons. The average molecular weight is 487 g/mol. The predicted octanol–water partition coefficient (Wildman–Crippen LogP) is 7.23. The zero-order chi connectivity index (χ0) is 25.1. The van der Waals surface area contributed by atoms with Gasteiger partial charge in [-0.3, -0.25) is 0 Å². The molecule has 0 saturated heterocycles. The monoisotopic (exact) mass is 486 g/mol. The van der Waals surface area contributed by atoms with Crippen molar-refractivity contribution < 1.29 is 31.8 Å². The molecule has 1 aliphatic carbocycles. The quantitative estimate of drug-likeness (QED) is 0.272. The van der Waals surface area contributed by atoms with Crippen molar-refractivity contribution in [3.63, 3.8) is 0 Å². The first-order valence-electron chi connectivity index (χ1n) is 11.4. The number of carbonyl (C=O) groups excluding carboxylic acids is 1. The van der Waals surface area contributed by atoms with Gasteiger partial charge in [0.2, 0.25) is 0 Å². The zero-order valence-corrected chi connectivity index (χ0v) is 19.3. The predicted molar refractivity (Wildman–Crippen MR) is 124 cm³/mol. The Hall–Kier alpha value is -3.35. The maximum Gasteiger partial charge on any atom is 0.391 e. The lowest BCUT2D eigenvalue weighted by atomic mass is 9.63. The summed E-state index contributed by atoms with van der Waals surface area (Å²) in [6.45, 7) is 0.199. The molecule has 0 atom stereocenters. The number of benzene rings is 3. The number of alkyl halides is 3. The van der Waals surface area contributed by atoms with Gasteiger partial charge in [-0.05, 0) is 78.8 Å². The first-order valence-corrected chi connectivity index (χ1v) is 11.4. The minimum atomic E-state index is -4.21. The van der Waals surface area contributed by atoms with Crippen molar-refractivity contribution in [1.82, 2.24) is 0 Å². The molecule has 0 unspecified atom stereocenters. The van der Waals surface area contributed by atoms with Crippen LogP contribution < -0.4 is 4.74 Å². The fourth-order valence-corrected chi connectivity index (χ4v) is 4.89. The summed E-state index contributed by atoms with van der Waals surface area (Å²) in [5, 5.41) is 0. The van der Waals surface area contributed by atoms with Gasteiger partial charge in [0, 0.05) is 5.41 Å². The summed E-state index contributed by atoms with van der Waals surface area (Å²) in [5.74, 6) is -1.54. The third-order valence-corrected chi connectivity index (χ3v) is 6.86. The highest BCUT2D eigenvalue weighted by Crippen LogP contribution is 2.50. The summed E-state index contributed by atoms with van der Waals surface area (Å²) in [6, 6.07) is 20.4. The number of hydrogen-bond donors (Lipinski definition) is 0. The first-order chi connectivity index (χ1) is 16.7. The molecule has 0 heterocycles. The normalized spacial score (nSPS) is 20.3. The van der Waals surface area contributed by atoms with Crippen LogP contribution in [-0.4, -0.2) is 19.3 Å². The van der Waals surface area contributed by atoms with E-state index >= 15 is 0 Å². The lowest BCUT2D eigenvalue weighted by Crippen LogP contribution is -2.37. The first kappa shape index (κ1) is 24.8. The number of esters is 1. The Bertz CT molecular complexity index is 1150. The number of ether oxygens (including phenoxy) is 2. The van der Waals surface area contributed by atoms with Crippen LogP contribution >= 0.6 is 0 Å². The number of carbonyl (C=O) groups is 1. The van der Waals surface area contributed by atoms with E-state index in [0.717, 1.165) is 11.1 Å². The van der Waals surface area contributed by atoms with Gasteiger partial charge in [0.15, 0.2) is 0 Å². The summed E-state index contributed by atoms with van der Waals surface area (Å²) in [7, 11) is 1.30. The molecule has 1 saturated carbocycles. The molecule has 7 heteroatoms. The Morgan fingerprint density at radius 1 is 0.943 bits per heavy atom. The van der Waals surface area contributed by atoms with Crippen LogP contribution in [0.4, 0.5) is 17.6 Å². The molecule has 0 N–H and O–H groups in total. The van der Waals surface area contributed by atoms with Crippen molar-refractivity contribution in [3.8, 4) is 5.75 Å². The maximum atomic E-state index is 13.4. The standard InChI is InChI=1S/C28H26F4O3/c1-34-26(33)20-5-7-21(8-6-20)27(15-13-23(14-16-27)28(30,31)32)22-9-11-25(12-10-22)35-18-19-3-2-4-24(29)17-19/h2-12,17,23H,13-16,18H2,1H3. The summed E-state index contributed by atoms with van der Waals surface area (Å²) < 4.78 is 64.1. The molecule has 0 aromatic heterocycles. The van der Waals surface area contributed by atoms with Gasteiger partial charge in [0.05, 0.1) is 18.6 Å². The Balaban J connectivity index is 1.59. The lowest BCUT2D eigenvalue weighted by Gasteiger charge is -2.42. The van der Waals surface area contributed by atoms with Crippen LogP contribution in [0.2, 0.25) is 0 Å². The molecule has 0 bridgehead atoms. The Labute approximate surface area is 201 Å². The Morgan fingerprint density at radius 2 is 1.54 bits per heavy atom. The maximum absolute atomic E-state index is 13.4. The lowest BCUT2D eigenvalue weighted by molar-refractivity contribution is -0.184. The van der Waals surface area contributed by atoms with Gasteiger partial charge in [-0.1, -0.05) is 36.4 Å². The molecule has 0 aliphatic heterocycles. The van der Waals surface area contributed by atoms with Crippen molar-refractivity contribution in [2.75, 3.05) is 7.11 Å². The molecule has 3 nitrogen and oxygen atoms in total. The Kier molecular flexibility index (Phi) is 7.15. The summed E-state index contributed by atoms with van der Waals surface area (Å²) in [6.07, 6.45) is -3.49. The molecule has 0 spiro atoms. The largest absolute Gasteiger partial charge is 0.489 e. The van der Waals surface area contributed by atoms with Gasteiger partial charge in [-0.2, -0.15) is 13.2 Å². The van der Waals surface area contributed by atoms with Crippen LogP contribution in [0, 0.1) is 11.7 Å². The van der Waals surface area contributed by atoms with Crippen molar-refractivity contribution in [2.45, 2.75) is 43.9 Å². The van der Waals surface area contributed by atoms with Crippen LogP contribution in [0.1, 0.15) is 52.7 Å². The van der Waals surface area contributed by atoms with E-state index in [0.29, 0.717) is 29.7 Å². The SMILES string of the molecule is COC(=O)c1ccc(C2(c3ccc(OCc4cccc(F)c4)cc3)CCC(C(F)(F)F)CC2)cc1. The molecule has 0 amide bonds. The molecule has 3 aromatic rings. The van der Waals surface area contributed by atoms with E-state index in [1.807, 2.05) is 12.1 Å². The molecule has 1 aliphatic rings. The van der Waals surface area contributed by atoms with Crippen LogP contribution in [-0.2, 0) is 16.8 Å². The van der Waals surface area contributed by atoms with Gasteiger partial charge in [0.1, 0.15) is 18.2 Å². The smallest absolute Gasteiger partial charge is 0.391 e. The van der Waals surface area contributed by atoms with E-state index in [2.05, 4.69) is 0 Å². The second-order valence-electron chi connectivity index (χ2n) is 8.91. The minimum Gasteiger partial charge on any atom is -0.489 e. The van der Waals surface area contributed by atoms with Crippen LogP contribution in [0.5, 0.6) is 5.75 Å². The van der Waals surface area contributed by atoms with Gasteiger partial charge >= 0.3 is 12.1 Å². The third-order valence-electron chi connectivity index (χ3n) is 6.86. The fourth-order valence-electron chi connectivity index (χ4n) is 4.89. The molecule has 0 radical (unpaired) electrons. The molecule has 35 heavy (non-hydrogen) atoms. The highest BCUT2D eigenvalue weighted by molar-refractivity contribution is 5.89. The summed E-state index contributed by atoms with van der Waals surface area (Å²) in [5.41, 5.74) is 2.22. The van der Waals surface area contributed by atoms with Crippen LogP contribution in [0.15, 0.2) is 72.8 Å². The van der Waals surface area contributed by atoms with E-state index < -0.39 is 23.5 Å². The topological polar surface area (TPSA) is 35.5 Å². The van der Waals surface area contributed by atoms with Crippen molar-refractivity contribution >= 4 is 5.97 Å². The van der Waals surface area contributed by atoms with E-state index in [1.54, 1.807) is 48.5 Å². The Morgan fingerprint density at radius 3 is 2.09 bits per heavy atom. The minimum absolute atomic E-state index is 0.0279. The van der Waals surface area contributed by atoms with E-state index in [9.17, 15) is 22.4 Å². The number of methoxy groups -OCH3 is 1. The van der Waals surface area contributed by atoms with Crippen molar-refractivity contribution in [3.05, 3.63) is 101 Å². The molecule has 4 rings (SSSR count). The van der Waals surface area contributed by atoms with Gasteiger partial charge in [0.25, 0.3) is 0 Å². The number of rotatable bonds is 6.